The maximum atomic E-state index is 12.5. The van der Waals surface area contributed by atoms with Crippen LogP contribution in [0.15, 0.2) is 59.1 Å². The molecule has 132 valence electrons. The fraction of sp³-hybridized carbons (Fsp3) is 0.250. The zero-order valence-corrected chi connectivity index (χ0v) is 15.1. The number of carbonyl (C=O) groups excluding carboxylic acids is 1. The van der Waals surface area contributed by atoms with Crippen molar-refractivity contribution in [2.45, 2.75) is 25.3 Å². The van der Waals surface area contributed by atoms with E-state index in [1.165, 1.54) is 0 Å². The Morgan fingerprint density at radius 2 is 1.88 bits per heavy atom. The SMILES string of the molecule is CC(c1ccccc1)N1CC(c2nc(-c3ccccc3Cl)no2)CC1=O. The number of carbonyl (C=O) groups is 1. The van der Waals surface area contributed by atoms with E-state index in [-0.39, 0.29) is 17.9 Å². The topological polar surface area (TPSA) is 59.2 Å². The van der Waals surface area contributed by atoms with Crippen LogP contribution in [0.25, 0.3) is 11.4 Å². The summed E-state index contributed by atoms with van der Waals surface area (Å²) in [6.45, 7) is 2.61. The molecule has 2 aromatic carbocycles. The minimum atomic E-state index is -0.0996. The van der Waals surface area contributed by atoms with Gasteiger partial charge in [0, 0.05) is 18.5 Å². The van der Waals surface area contributed by atoms with Crippen LogP contribution in [0.1, 0.15) is 36.8 Å². The van der Waals surface area contributed by atoms with Crippen LogP contribution in [0.3, 0.4) is 0 Å². The third-order valence-corrected chi connectivity index (χ3v) is 5.14. The summed E-state index contributed by atoms with van der Waals surface area (Å²) in [4.78, 5) is 18.9. The van der Waals surface area contributed by atoms with Crippen molar-refractivity contribution in [2.24, 2.45) is 0 Å². The average molecular weight is 368 g/mol. The molecule has 0 radical (unpaired) electrons. The molecule has 1 aliphatic rings. The van der Waals surface area contributed by atoms with Crippen molar-refractivity contribution < 1.29 is 9.32 Å². The predicted octanol–water partition coefficient (Wildman–Crippen LogP) is 4.47. The van der Waals surface area contributed by atoms with Gasteiger partial charge in [-0.25, -0.2) is 0 Å². The molecule has 1 amide bonds. The van der Waals surface area contributed by atoms with Crippen LogP contribution in [-0.4, -0.2) is 27.5 Å². The van der Waals surface area contributed by atoms with Gasteiger partial charge >= 0.3 is 0 Å². The van der Waals surface area contributed by atoms with Crippen molar-refractivity contribution in [1.29, 1.82) is 0 Å². The molecule has 0 aliphatic carbocycles. The molecule has 1 fully saturated rings. The second kappa shape index (κ2) is 6.92. The number of halogens is 1. The highest BCUT2D eigenvalue weighted by atomic mass is 35.5. The molecule has 0 spiro atoms. The molecule has 0 N–H and O–H groups in total. The van der Waals surface area contributed by atoms with Gasteiger partial charge in [-0.2, -0.15) is 4.98 Å². The average Bonchev–Trinajstić information content (AvgIpc) is 3.29. The number of likely N-dealkylation sites (tertiary alicyclic amines) is 1. The van der Waals surface area contributed by atoms with Gasteiger partial charge in [-0.15, -0.1) is 0 Å². The molecule has 5 nitrogen and oxygen atoms in total. The quantitative estimate of drug-likeness (QED) is 0.682. The van der Waals surface area contributed by atoms with E-state index in [2.05, 4.69) is 10.1 Å². The molecule has 4 rings (SSSR count). The monoisotopic (exact) mass is 367 g/mol. The molecular weight excluding hydrogens is 350 g/mol. The minimum absolute atomic E-state index is 0.0136. The van der Waals surface area contributed by atoms with Crippen LogP contribution in [0.2, 0.25) is 5.02 Å². The summed E-state index contributed by atoms with van der Waals surface area (Å²) in [7, 11) is 0. The first-order valence-corrected chi connectivity index (χ1v) is 8.94. The summed E-state index contributed by atoms with van der Waals surface area (Å²) in [6, 6.07) is 17.4. The Hall–Kier alpha value is -2.66. The zero-order valence-electron chi connectivity index (χ0n) is 14.3. The lowest BCUT2D eigenvalue weighted by molar-refractivity contribution is -0.129. The van der Waals surface area contributed by atoms with E-state index in [4.69, 9.17) is 16.1 Å². The fourth-order valence-corrected chi connectivity index (χ4v) is 3.56. The third kappa shape index (κ3) is 3.10. The molecular formula is C20H18ClN3O2. The van der Waals surface area contributed by atoms with Crippen molar-refractivity contribution in [3.05, 3.63) is 71.1 Å². The summed E-state index contributed by atoms with van der Waals surface area (Å²) < 4.78 is 5.44. The number of aromatic nitrogens is 2. The van der Waals surface area contributed by atoms with Crippen molar-refractivity contribution in [3.8, 4) is 11.4 Å². The van der Waals surface area contributed by atoms with Gasteiger partial charge < -0.3 is 9.42 Å². The minimum Gasteiger partial charge on any atom is -0.339 e. The number of benzene rings is 2. The molecule has 3 aromatic rings. The number of nitrogens with zero attached hydrogens (tertiary/aromatic N) is 3. The second-order valence-corrected chi connectivity index (χ2v) is 6.88. The van der Waals surface area contributed by atoms with Crippen LogP contribution in [0, 0.1) is 0 Å². The third-order valence-electron chi connectivity index (χ3n) is 4.81. The van der Waals surface area contributed by atoms with E-state index in [1.54, 1.807) is 6.07 Å². The Kier molecular flexibility index (Phi) is 4.47. The molecule has 2 atom stereocenters. The van der Waals surface area contributed by atoms with E-state index in [9.17, 15) is 4.79 Å². The van der Waals surface area contributed by atoms with Crippen molar-refractivity contribution >= 4 is 17.5 Å². The maximum Gasteiger partial charge on any atom is 0.232 e. The first kappa shape index (κ1) is 16.8. The highest BCUT2D eigenvalue weighted by molar-refractivity contribution is 6.33. The fourth-order valence-electron chi connectivity index (χ4n) is 3.34. The van der Waals surface area contributed by atoms with E-state index in [0.29, 0.717) is 29.7 Å². The van der Waals surface area contributed by atoms with E-state index >= 15 is 0 Å². The molecule has 1 aliphatic heterocycles. The number of hydrogen-bond acceptors (Lipinski definition) is 4. The Labute approximate surface area is 156 Å². The number of hydrogen-bond donors (Lipinski definition) is 0. The Morgan fingerprint density at radius 3 is 2.65 bits per heavy atom. The molecule has 0 bridgehead atoms. The molecule has 2 unspecified atom stereocenters. The van der Waals surface area contributed by atoms with Gasteiger partial charge in [-0.1, -0.05) is 59.2 Å². The van der Waals surface area contributed by atoms with Gasteiger partial charge in [0.15, 0.2) is 0 Å². The molecule has 1 aromatic heterocycles. The van der Waals surface area contributed by atoms with E-state index in [1.807, 2.05) is 60.4 Å². The smallest absolute Gasteiger partial charge is 0.232 e. The van der Waals surface area contributed by atoms with Crippen LogP contribution < -0.4 is 0 Å². The molecule has 26 heavy (non-hydrogen) atoms. The van der Waals surface area contributed by atoms with E-state index in [0.717, 1.165) is 11.1 Å². The lowest BCUT2D eigenvalue weighted by Gasteiger charge is -2.24. The molecule has 1 saturated heterocycles. The van der Waals surface area contributed by atoms with Crippen molar-refractivity contribution in [1.82, 2.24) is 15.0 Å². The van der Waals surface area contributed by atoms with Gasteiger partial charge in [0.1, 0.15) is 0 Å². The molecule has 6 heteroatoms. The molecule has 0 saturated carbocycles. The summed E-state index contributed by atoms with van der Waals surface area (Å²) in [5.41, 5.74) is 1.84. The molecule has 2 heterocycles. The number of amides is 1. The van der Waals surface area contributed by atoms with Crippen LogP contribution >= 0.6 is 11.6 Å². The first-order chi connectivity index (χ1) is 12.6. The lowest BCUT2D eigenvalue weighted by atomic mass is 10.1. The Balaban J connectivity index is 1.54. The van der Waals surface area contributed by atoms with Gasteiger partial charge in [0.2, 0.25) is 17.6 Å². The van der Waals surface area contributed by atoms with Crippen LogP contribution in [-0.2, 0) is 4.79 Å². The first-order valence-electron chi connectivity index (χ1n) is 8.56. The van der Waals surface area contributed by atoms with E-state index < -0.39 is 0 Å². The summed E-state index contributed by atoms with van der Waals surface area (Å²) in [5, 5.41) is 4.62. The maximum absolute atomic E-state index is 12.5. The van der Waals surface area contributed by atoms with Gasteiger partial charge in [-0.05, 0) is 24.6 Å². The summed E-state index contributed by atoms with van der Waals surface area (Å²) in [6.07, 6.45) is 0.376. The lowest BCUT2D eigenvalue weighted by Crippen LogP contribution is -2.28. The van der Waals surface area contributed by atoms with Crippen molar-refractivity contribution in [2.75, 3.05) is 6.54 Å². The van der Waals surface area contributed by atoms with Gasteiger partial charge in [0.25, 0.3) is 0 Å². The Bertz CT molecular complexity index is 926. The largest absolute Gasteiger partial charge is 0.339 e. The second-order valence-electron chi connectivity index (χ2n) is 6.47. The number of rotatable bonds is 4. The zero-order chi connectivity index (χ0) is 18.1. The van der Waals surface area contributed by atoms with Crippen LogP contribution in [0.4, 0.5) is 0 Å². The predicted molar refractivity (Wildman–Crippen MR) is 98.7 cm³/mol. The summed E-state index contributed by atoms with van der Waals surface area (Å²) in [5.74, 6) is 0.935. The van der Waals surface area contributed by atoms with Crippen LogP contribution in [0.5, 0.6) is 0 Å². The highest BCUT2D eigenvalue weighted by Crippen LogP contribution is 2.34. The Morgan fingerprint density at radius 1 is 1.15 bits per heavy atom. The standard InChI is InChI=1S/C20H18ClN3O2/c1-13(14-7-3-2-4-8-14)24-12-15(11-18(24)25)20-22-19(23-26-20)16-9-5-6-10-17(16)21/h2-10,13,15H,11-12H2,1H3. The normalized spacial score (nSPS) is 18.3. The van der Waals surface area contributed by atoms with Crippen molar-refractivity contribution in [3.63, 3.8) is 0 Å². The highest BCUT2D eigenvalue weighted by Gasteiger charge is 2.37. The van der Waals surface area contributed by atoms with Gasteiger partial charge in [0.05, 0.1) is 17.0 Å². The van der Waals surface area contributed by atoms with Gasteiger partial charge in [-0.3, -0.25) is 4.79 Å². The summed E-state index contributed by atoms with van der Waals surface area (Å²) >= 11 is 6.20.